The SMILES string of the molecule is CC(CC(=O)O)c1ccc(N2CCCC2)cc1. The number of nitrogens with zero attached hydrogens (tertiary/aromatic N) is 1. The van der Waals surface area contributed by atoms with Crippen LogP contribution in [-0.4, -0.2) is 24.2 Å². The van der Waals surface area contributed by atoms with Crippen molar-refractivity contribution in [2.75, 3.05) is 18.0 Å². The Morgan fingerprint density at radius 3 is 2.41 bits per heavy atom. The number of hydrogen-bond donors (Lipinski definition) is 1. The monoisotopic (exact) mass is 233 g/mol. The molecule has 0 bridgehead atoms. The fourth-order valence-electron chi connectivity index (χ4n) is 2.37. The molecule has 1 heterocycles. The summed E-state index contributed by atoms with van der Waals surface area (Å²) in [6.45, 7) is 4.24. The molecule has 0 aromatic heterocycles. The fraction of sp³-hybridized carbons (Fsp3) is 0.500. The van der Waals surface area contributed by atoms with Crippen LogP contribution in [0.2, 0.25) is 0 Å². The van der Waals surface area contributed by atoms with Crippen LogP contribution in [0.1, 0.15) is 37.7 Å². The number of hydrogen-bond acceptors (Lipinski definition) is 2. The van der Waals surface area contributed by atoms with Gasteiger partial charge in [-0.25, -0.2) is 0 Å². The minimum atomic E-state index is -0.735. The molecule has 0 saturated carbocycles. The number of carboxylic acids is 1. The second kappa shape index (κ2) is 5.21. The van der Waals surface area contributed by atoms with Crippen LogP contribution in [-0.2, 0) is 4.79 Å². The number of anilines is 1. The summed E-state index contributed by atoms with van der Waals surface area (Å²) in [5, 5.41) is 8.76. The van der Waals surface area contributed by atoms with Crippen LogP contribution in [0.5, 0.6) is 0 Å². The van der Waals surface area contributed by atoms with E-state index in [0.717, 1.165) is 18.7 Å². The molecule has 1 unspecified atom stereocenters. The molecule has 1 aliphatic rings. The van der Waals surface area contributed by atoms with Gasteiger partial charge in [0, 0.05) is 18.8 Å². The van der Waals surface area contributed by atoms with Gasteiger partial charge in [0.05, 0.1) is 6.42 Å². The molecule has 1 aliphatic heterocycles. The highest BCUT2D eigenvalue weighted by molar-refractivity contribution is 5.68. The standard InChI is InChI=1S/C14H19NO2/c1-11(10-14(16)17)12-4-6-13(7-5-12)15-8-2-3-9-15/h4-7,11H,2-3,8-10H2,1H3,(H,16,17). The van der Waals surface area contributed by atoms with Gasteiger partial charge < -0.3 is 10.0 Å². The van der Waals surface area contributed by atoms with Gasteiger partial charge in [-0.05, 0) is 36.5 Å². The number of carbonyl (C=O) groups is 1. The molecule has 1 fully saturated rings. The van der Waals surface area contributed by atoms with Crippen molar-refractivity contribution in [1.29, 1.82) is 0 Å². The van der Waals surface area contributed by atoms with Gasteiger partial charge in [0.25, 0.3) is 0 Å². The topological polar surface area (TPSA) is 40.5 Å². The van der Waals surface area contributed by atoms with E-state index in [0.29, 0.717) is 0 Å². The van der Waals surface area contributed by atoms with Crippen molar-refractivity contribution in [3.63, 3.8) is 0 Å². The molecule has 17 heavy (non-hydrogen) atoms. The van der Waals surface area contributed by atoms with E-state index in [1.54, 1.807) is 0 Å². The minimum absolute atomic E-state index is 0.0835. The highest BCUT2D eigenvalue weighted by Crippen LogP contribution is 2.24. The van der Waals surface area contributed by atoms with E-state index in [4.69, 9.17) is 5.11 Å². The lowest BCUT2D eigenvalue weighted by molar-refractivity contribution is -0.137. The Labute approximate surface area is 102 Å². The fourth-order valence-corrected chi connectivity index (χ4v) is 2.37. The van der Waals surface area contributed by atoms with Gasteiger partial charge in [0.2, 0.25) is 0 Å². The first-order chi connectivity index (χ1) is 8.16. The smallest absolute Gasteiger partial charge is 0.303 e. The first-order valence-corrected chi connectivity index (χ1v) is 6.23. The molecular formula is C14H19NO2. The molecule has 1 saturated heterocycles. The lowest BCUT2D eigenvalue weighted by Crippen LogP contribution is -2.17. The van der Waals surface area contributed by atoms with Gasteiger partial charge in [-0.1, -0.05) is 19.1 Å². The van der Waals surface area contributed by atoms with Gasteiger partial charge in [-0.15, -0.1) is 0 Å². The highest BCUT2D eigenvalue weighted by atomic mass is 16.4. The molecule has 0 amide bonds. The average molecular weight is 233 g/mol. The Hall–Kier alpha value is -1.51. The summed E-state index contributed by atoms with van der Waals surface area (Å²) >= 11 is 0. The molecule has 0 aliphatic carbocycles. The third-order valence-corrected chi connectivity index (χ3v) is 3.41. The van der Waals surface area contributed by atoms with E-state index < -0.39 is 5.97 Å². The first-order valence-electron chi connectivity index (χ1n) is 6.23. The number of carboxylic acid groups (broad SMARTS) is 1. The minimum Gasteiger partial charge on any atom is -0.481 e. The predicted octanol–water partition coefficient (Wildman–Crippen LogP) is 2.87. The Balaban J connectivity index is 2.04. The lowest BCUT2D eigenvalue weighted by Gasteiger charge is -2.18. The van der Waals surface area contributed by atoms with Crippen molar-refractivity contribution in [3.05, 3.63) is 29.8 Å². The molecule has 1 aromatic carbocycles. The molecule has 3 nitrogen and oxygen atoms in total. The van der Waals surface area contributed by atoms with Crippen LogP contribution < -0.4 is 4.90 Å². The van der Waals surface area contributed by atoms with E-state index in [2.05, 4.69) is 29.2 Å². The van der Waals surface area contributed by atoms with Gasteiger partial charge in [0.1, 0.15) is 0 Å². The zero-order valence-electron chi connectivity index (χ0n) is 10.2. The van der Waals surface area contributed by atoms with Crippen molar-refractivity contribution in [3.8, 4) is 0 Å². The van der Waals surface area contributed by atoms with Crippen molar-refractivity contribution in [1.82, 2.24) is 0 Å². The maximum absolute atomic E-state index is 10.7. The van der Waals surface area contributed by atoms with E-state index in [-0.39, 0.29) is 12.3 Å². The van der Waals surface area contributed by atoms with Gasteiger partial charge in [-0.2, -0.15) is 0 Å². The van der Waals surface area contributed by atoms with Crippen molar-refractivity contribution < 1.29 is 9.90 Å². The molecule has 3 heteroatoms. The normalized spacial score (nSPS) is 17.1. The largest absolute Gasteiger partial charge is 0.481 e. The van der Waals surface area contributed by atoms with Crippen LogP contribution in [0.25, 0.3) is 0 Å². The summed E-state index contributed by atoms with van der Waals surface area (Å²) in [6, 6.07) is 8.33. The van der Waals surface area contributed by atoms with Crippen LogP contribution in [0.4, 0.5) is 5.69 Å². The molecule has 1 aromatic rings. The highest BCUT2D eigenvalue weighted by Gasteiger charge is 2.13. The zero-order chi connectivity index (χ0) is 12.3. The molecule has 1 atom stereocenters. The van der Waals surface area contributed by atoms with Crippen LogP contribution in [0.3, 0.4) is 0 Å². The van der Waals surface area contributed by atoms with E-state index in [9.17, 15) is 4.79 Å². The van der Waals surface area contributed by atoms with Gasteiger partial charge >= 0.3 is 5.97 Å². The van der Waals surface area contributed by atoms with Crippen molar-refractivity contribution in [2.45, 2.75) is 32.1 Å². The third-order valence-electron chi connectivity index (χ3n) is 3.41. The quantitative estimate of drug-likeness (QED) is 0.869. The second-order valence-electron chi connectivity index (χ2n) is 4.78. The third kappa shape index (κ3) is 2.99. The van der Waals surface area contributed by atoms with E-state index in [1.807, 2.05) is 6.92 Å². The van der Waals surface area contributed by atoms with Crippen LogP contribution in [0.15, 0.2) is 24.3 Å². The molecule has 1 N–H and O–H groups in total. The Bertz CT molecular complexity index is 380. The summed E-state index contributed by atoms with van der Waals surface area (Å²) in [5.74, 6) is -0.652. The van der Waals surface area contributed by atoms with Gasteiger partial charge in [-0.3, -0.25) is 4.79 Å². The molecule has 92 valence electrons. The van der Waals surface area contributed by atoms with E-state index >= 15 is 0 Å². The number of benzene rings is 1. The Morgan fingerprint density at radius 1 is 1.29 bits per heavy atom. The summed E-state index contributed by atoms with van der Waals surface area (Å²) in [6.07, 6.45) is 2.75. The molecule has 0 spiro atoms. The van der Waals surface area contributed by atoms with Gasteiger partial charge in [0.15, 0.2) is 0 Å². The zero-order valence-corrected chi connectivity index (χ0v) is 10.2. The molecular weight excluding hydrogens is 214 g/mol. The summed E-state index contributed by atoms with van der Waals surface area (Å²) in [7, 11) is 0. The Kier molecular flexibility index (Phi) is 3.67. The summed E-state index contributed by atoms with van der Waals surface area (Å²) in [4.78, 5) is 13.0. The maximum Gasteiger partial charge on any atom is 0.303 e. The second-order valence-corrected chi connectivity index (χ2v) is 4.78. The Morgan fingerprint density at radius 2 is 1.88 bits per heavy atom. The predicted molar refractivity (Wildman–Crippen MR) is 68.6 cm³/mol. The maximum atomic E-state index is 10.7. The molecule has 2 rings (SSSR count). The number of rotatable bonds is 4. The van der Waals surface area contributed by atoms with Crippen molar-refractivity contribution in [2.24, 2.45) is 0 Å². The van der Waals surface area contributed by atoms with E-state index in [1.165, 1.54) is 18.5 Å². The van der Waals surface area contributed by atoms with Crippen LogP contribution >= 0.6 is 0 Å². The van der Waals surface area contributed by atoms with Crippen LogP contribution in [0, 0.1) is 0 Å². The molecule has 0 radical (unpaired) electrons. The summed E-state index contributed by atoms with van der Waals surface area (Å²) < 4.78 is 0. The van der Waals surface area contributed by atoms with Crippen molar-refractivity contribution >= 4 is 11.7 Å². The summed E-state index contributed by atoms with van der Waals surface area (Å²) in [5.41, 5.74) is 2.36. The number of aliphatic carboxylic acids is 1. The lowest BCUT2D eigenvalue weighted by atomic mass is 9.98. The first kappa shape index (κ1) is 12.0. The average Bonchev–Trinajstić information content (AvgIpc) is 2.82.